The Labute approximate surface area is 251 Å². The van der Waals surface area contributed by atoms with Gasteiger partial charge in [0, 0.05) is 42.2 Å². The molecular weight excluding hydrogens is 544 g/mol. The number of amides is 1. The van der Waals surface area contributed by atoms with E-state index in [2.05, 4.69) is 21.3 Å². The number of benzene rings is 2. The van der Waals surface area contributed by atoms with Gasteiger partial charge in [0.25, 0.3) is 5.91 Å². The summed E-state index contributed by atoms with van der Waals surface area (Å²) in [5.41, 5.74) is 7.67. The zero-order chi connectivity index (χ0) is 29.5. The normalized spacial score (nSPS) is 31.3. The Morgan fingerprint density at radius 1 is 1.21 bits per heavy atom. The lowest BCUT2D eigenvalue weighted by molar-refractivity contribution is -0.191. The highest BCUT2D eigenvalue weighted by Gasteiger charge is 2.73. The van der Waals surface area contributed by atoms with E-state index in [0.29, 0.717) is 36.3 Å². The van der Waals surface area contributed by atoms with Gasteiger partial charge in [-0.15, -0.1) is 0 Å². The highest BCUT2D eigenvalue weighted by molar-refractivity contribution is 6.05. The van der Waals surface area contributed by atoms with Crippen LogP contribution in [0, 0.1) is 5.92 Å². The Morgan fingerprint density at radius 2 is 2.07 bits per heavy atom. The topological polar surface area (TPSA) is 130 Å². The molecule has 1 saturated heterocycles. The van der Waals surface area contributed by atoms with E-state index < -0.39 is 17.1 Å². The lowest BCUT2D eigenvalue weighted by atomic mass is 9.48. The lowest BCUT2D eigenvalue weighted by Crippen LogP contribution is -2.78. The van der Waals surface area contributed by atoms with Crippen LogP contribution in [-0.4, -0.2) is 69.8 Å². The van der Waals surface area contributed by atoms with E-state index in [0.717, 1.165) is 53.9 Å². The SMILES string of the molecule is CC(N)CCC(=O)Oc1ccc2c3c1O[C@H]1[C@@H](NC(=O)c4cccc5cc[nH]c45)CC[C@@]4(O)C(C2)N(CC2CC2)CCC314. The Kier molecular flexibility index (Phi) is 6.20. The van der Waals surface area contributed by atoms with Crippen molar-refractivity contribution in [1.29, 1.82) is 0 Å². The molecule has 9 nitrogen and oxygen atoms in total. The standard InChI is InChI=1S/C34H40N4O5/c1-19(35)5-10-27(39)42-25-9-8-22-17-26-34(41)13-11-24(37-32(40)23-4-2-3-21-12-15-36-29(21)23)31-33(34,28(22)30(25)43-31)14-16-38(26)18-20-6-7-20/h2-4,8-9,12,15,19-20,24,26,31,36,41H,5-7,10-11,13-14,16-18,35H2,1H3,(H,37,40)/t19?,24-,26?,31-,33?,34+/m0/s1. The van der Waals surface area contributed by atoms with Crippen molar-refractivity contribution in [3.8, 4) is 11.5 Å². The molecule has 43 heavy (non-hydrogen) atoms. The first kappa shape index (κ1) is 27.2. The first-order valence-corrected chi connectivity index (χ1v) is 15.9. The molecule has 226 valence electrons. The number of aliphatic hydroxyl groups is 1. The summed E-state index contributed by atoms with van der Waals surface area (Å²) in [7, 11) is 0. The lowest BCUT2D eigenvalue weighted by Gasteiger charge is -2.64. The monoisotopic (exact) mass is 584 g/mol. The van der Waals surface area contributed by atoms with Gasteiger partial charge in [0.15, 0.2) is 11.5 Å². The Hall–Kier alpha value is -3.40. The van der Waals surface area contributed by atoms with E-state index in [1.54, 1.807) is 0 Å². The number of likely N-dealkylation sites (tertiary alicyclic amines) is 1. The summed E-state index contributed by atoms with van der Waals surface area (Å²) in [5.74, 6) is 1.14. The number of nitrogens with one attached hydrogen (secondary N) is 2. The number of H-pyrrole nitrogens is 1. The molecule has 3 aromatic rings. The van der Waals surface area contributed by atoms with E-state index in [1.165, 1.54) is 12.8 Å². The summed E-state index contributed by atoms with van der Waals surface area (Å²) in [6.07, 6.45) is 7.24. The van der Waals surface area contributed by atoms with Crippen LogP contribution in [-0.2, 0) is 16.6 Å². The molecule has 6 atom stereocenters. The van der Waals surface area contributed by atoms with Crippen molar-refractivity contribution in [2.75, 3.05) is 13.1 Å². The maximum Gasteiger partial charge on any atom is 0.311 e. The molecule has 3 aliphatic carbocycles. The van der Waals surface area contributed by atoms with Crippen molar-refractivity contribution in [3.63, 3.8) is 0 Å². The van der Waals surface area contributed by atoms with Crippen LogP contribution >= 0.6 is 0 Å². The second-order valence-electron chi connectivity index (χ2n) is 13.6. The number of para-hydroxylation sites is 1. The number of esters is 1. The summed E-state index contributed by atoms with van der Waals surface area (Å²) in [5, 5.41) is 17.2. The second-order valence-corrected chi connectivity index (χ2v) is 13.6. The number of nitrogens with two attached hydrogens (primary N) is 1. The zero-order valence-electron chi connectivity index (χ0n) is 24.6. The van der Waals surface area contributed by atoms with Crippen LogP contribution in [0.5, 0.6) is 11.5 Å². The number of fused-ring (bicyclic) bond motifs is 1. The van der Waals surface area contributed by atoms with E-state index in [1.807, 2.05) is 43.5 Å². The molecule has 5 N–H and O–H groups in total. The average Bonchev–Trinajstić information content (AvgIpc) is 3.53. The van der Waals surface area contributed by atoms with Gasteiger partial charge in [-0.2, -0.15) is 0 Å². The number of piperidine rings is 1. The summed E-state index contributed by atoms with van der Waals surface area (Å²) >= 11 is 0. The third-order valence-electron chi connectivity index (χ3n) is 10.9. The number of nitrogens with zero attached hydrogens (tertiary/aromatic N) is 1. The fraction of sp³-hybridized carbons (Fsp3) is 0.529. The van der Waals surface area contributed by atoms with Gasteiger partial charge < -0.3 is 30.6 Å². The van der Waals surface area contributed by atoms with Crippen LogP contribution in [0.3, 0.4) is 0 Å². The number of carbonyl (C=O) groups excluding carboxylic acids is 2. The van der Waals surface area contributed by atoms with Crippen LogP contribution in [0.25, 0.3) is 10.9 Å². The molecule has 3 fully saturated rings. The van der Waals surface area contributed by atoms with Crippen LogP contribution in [0.4, 0.5) is 0 Å². The van der Waals surface area contributed by atoms with Gasteiger partial charge in [-0.25, -0.2) is 0 Å². The number of hydrogen-bond donors (Lipinski definition) is 4. The Bertz CT molecular complexity index is 1610. The van der Waals surface area contributed by atoms with Gasteiger partial charge in [-0.3, -0.25) is 14.5 Å². The molecule has 5 aliphatic rings. The van der Waals surface area contributed by atoms with Gasteiger partial charge in [-0.1, -0.05) is 18.2 Å². The summed E-state index contributed by atoms with van der Waals surface area (Å²) in [6, 6.07) is 11.1. The minimum Gasteiger partial charge on any atom is -0.483 e. The van der Waals surface area contributed by atoms with Gasteiger partial charge in [0.05, 0.1) is 28.1 Å². The molecule has 3 unspecified atom stereocenters. The molecule has 1 amide bonds. The summed E-state index contributed by atoms with van der Waals surface area (Å²) in [4.78, 5) is 32.3. The van der Waals surface area contributed by atoms with Crippen LogP contribution in [0.15, 0.2) is 42.6 Å². The van der Waals surface area contributed by atoms with Crippen molar-refractivity contribution in [3.05, 3.63) is 59.3 Å². The maximum absolute atomic E-state index is 13.8. The zero-order valence-corrected chi connectivity index (χ0v) is 24.6. The quantitative estimate of drug-likeness (QED) is 0.235. The third-order valence-corrected chi connectivity index (χ3v) is 10.9. The fourth-order valence-electron chi connectivity index (χ4n) is 8.74. The number of rotatable bonds is 8. The van der Waals surface area contributed by atoms with Crippen LogP contribution in [0.2, 0.25) is 0 Å². The molecule has 2 aromatic carbocycles. The van der Waals surface area contributed by atoms with Crippen molar-refractivity contribution in [2.24, 2.45) is 11.7 Å². The van der Waals surface area contributed by atoms with Gasteiger partial charge >= 0.3 is 5.97 Å². The second kappa shape index (κ2) is 9.81. The number of ether oxygens (including phenoxy) is 2. The molecule has 2 saturated carbocycles. The molecule has 0 radical (unpaired) electrons. The van der Waals surface area contributed by atoms with E-state index in [4.69, 9.17) is 15.2 Å². The fourth-order valence-corrected chi connectivity index (χ4v) is 8.74. The van der Waals surface area contributed by atoms with Gasteiger partial charge in [-0.05, 0) is 88.1 Å². The minimum atomic E-state index is -1.01. The molecule has 1 aromatic heterocycles. The first-order valence-electron chi connectivity index (χ1n) is 15.9. The predicted molar refractivity (Wildman–Crippen MR) is 161 cm³/mol. The Balaban J connectivity index is 1.18. The number of aromatic nitrogens is 1. The molecule has 3 heterocycles. The molecule has 2 bridgehead atoms. The predicted octanol–water partition coefficient (Wildman–Crippen LogP) is 3.56. The highest BCUT2D eigenvalue weighted by atomic mass is 16.6. The van der Waals surface area contributed by atoms with Crippen molar-refractivity contribution >= 4 is 22.8 Å². The average molecular weight is 585 g/mol. The van der Waals surface area contributed by atoms with Crippen molar-refractivity contribution in [1.82, 2.24) is 15.2 Å². The Morgan fingerprint density at radius 3 is 2.88 bits per heavy atom. The first-order chi connectivity index (χ1) is 20.8. The summed E-state index contributed by atoms with van der Waals surface area (Å²) < 4.78 is 12.7. The van der Waals surface area contributed by atoms with Crippen molar-refractivity contribution < 1.29 is 24.2 Å². The number of hydrogen-bond acceptors (Lipinski definition) is 7. The van der Waals surface area contributed by atoms with Gasteiger partial charge in [0.1, 0.15) is 6.10 Å². The van der Waals surface area contributed by atoms with Crippen LogP contribution < -0.4 is 20.5 Å². The largest absolute Gasteiger partial charge is 0.483 e. The molecule has 2 aliphatic heterocycles. The van der Waals surface area contributed by atoms with E-state index in [-0.39, 0.29) is 36.4 Å². The molecule has 8 rings (SSSR count). The molecule has 1 spiro atoms. The van der Waals surface area contributed by atoms with Crippen molar-refractivity contribution in [2.45, 2.75) is 93.5 Å². The number of aromatic amines is 1. The smallest absolute Gasteiger partial charge is 0.311 e. The summed E-state index contributed by atoms with van der Waals surface area (Å²) in [6.45, 7) is 3.76. The van der Waals surface area contributed by atoms with Gasteiger partial charge in [0.2, 0.25) is 0 Å². The maximum atomic E-state index is 13.8. The number of carbonyl (C=O) groups is 2. The molecule has 9 heteroatoms. The van der Waals surface area contributed by atoms with Crippen LogP contribution in [0.1, 0.15) is 73.4 Å². The third kappa shape index (κ3) is 4.08. The minimum absolute atomic E-state index is 0.0184. The highest BCUT2D eigenvalue weighted by Crippen LogP contribution is 2.65. The van der Waals surface area contributed by atoms with E-state index >= 15 is 0 Å². The molecular formula is C34H40N4O5. The van der Waals surface area contributed by atoms with E-state index in [9.17, 15) is 14.7 Å².